The smallest absolute Gasteiger partial charge is 0.328 e. The molecule has 4 amide bonds. The lowest BCUT2D eigenvalue weighted by Gasteiger charge is -2.30. The van der Waals surface area contributed by atoms with Crippen molar-refractivity contribution in [1.29, 1.82) is 0 Å². The third kappa shape index (κ3) is 5.62. The molecule has 0 bridgehead atoms. The van der Waals surface area contributed by atoms with Gasteiger partial charge >= 0.3 is 6.03 Å². The molecule has 3 rings (SSSR count). The fourth-order valence-electron chi connectivity index (χ4n) is 4.05. The molecule has 2 aromatic rings. The predicted octanol–water partition coefficient (Wildman–Crippen LogP) is 3.48. The Morgan fingerprint density at radius 3 is 2.31 bits per heavy atom. The van der Waals surface area contributed by atoms with Gasteiger partial charge in [-0.2, -0.15) is 0 Å². The number of sulfonamides is 1. The topological polar surface area (TPSA) is 125 Å². The zero-order chi connectivity index (χ0) is 26.8. The van der Waals surface area contributed by atoms with Gasteiger partial charge in [-0.3, -0.25) is 13.9 Å². The van der Waals surface area contributed by atoms with Crippen molar-refractivity contribution >= 4 is 44.9 Å². The molecule has 11 heteroatoms. The minimum absolute atomic E-state index is 0.152. The number of rotatable bonds is 7. The molecule has 0 atom stereocenters. The lowest BCUT2D eigenvalue weighted by molar-refractivity contribution is -0.118. The largest absolute Gasteiger partial charge is 0.496 e. The van der Waals surface area contributed by atoms with Gasteiger partial charge in [0.05, 0.1) is 30.3 Å². The van der Waals surface area contributed by atoms with Crippen LogP contribution < -0.4 is 24.6 Å². The molecule has 2 N–H and O–H groups in total. The molecule has 1 heterocycles. The molecule has 0 radical (unpaired) electrons. The molecule has 1 aliphatic heterocycles. The van der Waals surface area contributed by atoms with Crippen LogP contribution in [0.15, 0.2) is 36.4 Å². The van der Waals surface area contributed by atoms with Crippen LogP contribution in [-0.4, -0.2) is 52.7 Å². The zero-order valence-electron chi connectivity index (χ0n) is 21.3. The van der Waals surface area contributed by atoms with Crippen LogP contribution in [0.2, 0.25) is 0 Å². The minimum atomic E-state index is -3.43. The number of amides is 4. The standard InChI is InChI=1S/C25H32N4O6S/c1-7-28(36(6,33)34)17-10-8-16(9-11-17)27-23(31)19-14-18(29-21(30)12-13-26-24(29)32)15-20(22(19)35-5)25(2,3)4/h8-11,14-15H,7,12-13H2,1-6H3,(H,26,32)(H,27,31). The summed E-state index contributed by atoms with van der Waals surface area (Å²) in [4.78, 5) is 39.5. The number of benzene rings is 2. The van der Waals surface area contributed by atoms with Crippen LogP contribution in [0.5, 0.6) is 5.75 Å². The fraction of sp³-hybridized carbons (Fsp3) is 0.400. The number of anilines is 3. The summed E-state index contributed by atoms with van der Waals surface area (Å²) in [6.07, 6.45) is 1.28. The van der Waals surface area contributed by atoms with Crippen LogP contribution in [0.3, 0.4) is 0 Å². The van der Waals surface area contributed by atoms with Crippen LogP contribution in [0.25, 0.3) is 0 Å². The monoisotopic (exact) mass is 516 g/mol. The molecule has 1 saturated heterocycles. The first-order chi connectivity index (χ1) is 16.8. The number of hydrogen-bond acceptors (Lipinski definition) is 6. The van der Waals surface area contributed by atoms with E-state index in [4.69, 9.17) is 4.74 Å². The number of ether oxygens (including phenoxy) is 1. The Bertz CT molecular complexity index is 1270. The molecular formula is C25H32N4O6S. The van der Waals surface area contributed by atoms with E-state index in [1.54, 1.807) is 37.3 Å². The van der Waals surface area contributed by atoms with E-state index in [2.05, 4.69) is 10.6 Å². The molecule has 194 valence electrons. The first-order valence-corrected chi connectivity index (χ1v) is 13.3. The molecule has 1 fully saturated rings. The van der Waals surface area contributed by atoms with Crippen molar-refractivity contribution in [3.05, 3.63) is 47.5 Å². The molecule has 2 aromatic carbocycles. The maximum atomic E-state index is 13.4. The van der Waals surface area contributed by atoms with Crippen molar-refractivity contribution in [2.24, 2.45) is 0 Å². The number of carbonyl (C=O) groups excluding carboxylic acids is 3. The summed E-state index contributed by atoms with van der Waals surface area (Å²) in [5, 5.41) is 5.45. The Morgan fingerprint density at radius 1 is 1.17 bits per heavy atom. The Balaban J connectivity index is 2.03. The van der Waals surface area contributed by atoms with Gasteiger partial charge in [0.15, 0.2) is 0 Å². The minimum Gasteiger partial charge on any atom is -0.496 e. The highest BCUT2D eigenvalue weighted by molar-refractivity contribution is 7.92. The summed E-state index contributed by atoms with van der Waals surface area (Å²) in [6.45, 7) is 8.08. The molecule has 0 aliphatic carbocycles. The highest BCUT2D eigenvalue weighted by Crippen LogP contribution is 2.38. The second-order valence-corrected chi connectivity index (χ2v) is 11.4. The third-order valence-electron chi connectivity index (χ3n) is 5.76. The summed E-state index contributed by atoms with van der Waals surface area (Å²) in [5.41, 5.74) is 1.52. The van der Waals surface area contributed by atoms with Gasteiger partial charge in [-0.05, 0) is 48.7 Å². The summed E-state index contributed by atoms with van der Waals surface area (Å²) in [5.74, 6) is -0.538. The third-order valence-corrected chi connectivity index (χ3v) is 7.03. The van der Waals surface area contributed by atoms with Crippen LogP contribution in [0.4, 0.5) is 21.9 Å². The van der Waals surface area contributed by atoms with Gasteiger partial charge in [-0.1, -0.05) is 20.8 Å². The number of urea groups is 1. The van der Waals surface area contributed by atoms with E-state index in [-0.39, 0.29) is 36.7 Å². The molecule has 36 heavy (non-hydrogen) atoms. The first kappa shape index (κ1) is 27.0. The van der Waals surface area contributed by atoms with Gasteiger partial charge in [-0.15, -0.1) is 0 Å². The first-order valence-electron chi connectivity index (χ1n) is 11.5. The number of carbonyl (C=O) groups is 3. The maximum absolute atomic E-state index is 13.4. The van der Waals surface area contributed by atoms with E-state index in [1.807, 2.05) is 20.8 Å². The lowest BCUT2D eigenvalue weighted by Crippen LogP contribution is -2.50. The summed E-state index contributed by atoms with van der Waals surface area (Å²) in [6, 6.07) is 9.01. The van der Waals surface area contributed by atoms with E-state index in [0.717, 1.165) is 11.2 Å². The van der Waals surface area contributed by atoms with E-state index in [0.29, 0.717) is 22.7 Å². The summed E-state index contributed by atoms with van der Waals surface area (Å²) < 4.78 is 30.9. The Kier molecular flexibility index (Phi) is 7.63. The highest BCUT2D eigenvalue weighted by atomic mass is 32.2. The predicted molar refractivity (Wildman–Crippen MR) is 139 cm³/mol. The fourth-order valence-corrected chi connectivity index (χ4v) is 5.02. The van der Waals surface area contributed by atoms with Crippen LogP contribution in [-0.2, 0) is 20.2 Å². The zero-order valence-corrected chi connectivity index (χ0v) is 22.2. The molecule has 0 unspecified atom stereocenters. The van der Waals surface area contributed by atoms with Crippen molar-refractivity contribution in [2.45, 2.75) is 39.5 Å². The number of nitrogens with zero attached hydrogens (tertiary/aromatic N) is 2. The van der Waals surface area contributed by atoms with Gasteiger partial charge in [-0.25, -0.2) is 18.1 Å². The number of hydrogen-bond donors (Lipinski definition) is 2. The Hall–Kier alpha value is -3.60. The number of methoxy groups -OCH3 is 1. The Morgan fingerprint density at radius 2 is 1.81 bits per heavy atom. The van der Waals surface area contributed by atoms with Crippen molar-refractivity contribution in [2.75, 3.05) is 41.0 Å². The molecule has 0 spiro atoms. The quantitative estimate of drug-likeness (QED) is 0.581. The average molecular weight is 517 g/mol. The van der Waals surface area contributed by atoms with Crippen molar-refractivity contribution in [3.8, 4) is 5.75 Å². The van der Waals surface area contributed by atoms with Crippen LogP contribution in [0.1, 0.15) is 50.0 Å². The van der Waals surface area contributed by atoms with Crippen LogP contribution >= 0.6 is 0 Å². The molecular weight excluding hydrogens is 484 g/mol. The average Bonchev–Trinajstić information content (AvgIpc) is 2.78. The van der Waals surface area contributed by atoms with Gasteiger partial charge in [0.1, 0.15) is 5.75 Å². The molecule has 1 aliphatic rings. The van der Waals surface area contributed by atoms with E-state index in [1.165, 1.54) is 17.5 Å². The second-order valence-electron chi connectivity index (χ2n) is 9.46. The van der Waals surface area contributed by atoms with Crippen LogP contribution in [0, 0.1) is 0 Å². The van der Waals surface area contributed by atoms with Gasteiger partial charge in [0.25, 0.3) is 5.91 Å². The normalized spacial score (nSPS) is 14.3. The number of nitrogens with one attached hydrogen (secondary N) is 2. The summed E-state index contributed by atoms with van der Waals surface area (Å²) >= 11 is 0. The molecule has 10 nitrogen and oxygen atoms in total. The Labute approximate surface area is 211 Å². The van der Waals surface area contributed by atoms with Gasteiger partial charge in [0.2, 0.25) is 15.9 Å². The SMILES string of the molecule is CCN(c1ccc(NC(=O)c2cc(N3C(=O)CCNC3=O)cc(C(C)(C)C)c2OC)cc1)S(C)(=O)=O. The van der Waals surface area contributed by atoms with Gasteiger partial charge < -0.3 is 15.4 Å². The second kappa shape index (κ2) is 10.2. The lowest BCUT2D eigenvalue weighted by atomic mass is 9.84. The van der Waals surface area contributed by atoms with E-state index >= 15 is 0 Å². The van der Waals surface area contributed by atoms with Crippen molar-refractivity contribution < 1.29 is 27.5 Å². The van der Waals surface area contributed by atoms with E-state index in [9.17, 15) is 22.8 Å². The van der Waals surface area contributed by atoms with E-state index < -0.39 is 27.4 Å². The molecule has 0 saturated carbocycles. The highest BCUT2D eigenvalue weighted by Gasteiger charge is 2.32. The molecule has 0 aromatic heterocycles. The van der Waals surface area contributed by atoms with Crippen molar-refractivity contribution in [3.63, 3.8) is 0 Å². The maximum Gasteiger partial charge on any atom is 0.328 e. The number of imide groups is 1. The summed E-state index contributed by atoms with van der Waals surface area (Å²) in [7, 11) is -1.98. The van der Waals surface area contributed by atoms with Gasteiger partial charge in [0, 0.05) is 30.8 Å². The van der Waals surface area contributed by atoms with Crippen molar-refractivity contribution in [1.82, 2.24) is 5.32 Å².